The van der Waals surface area contributed by atoms with Gasteiger partial charge in [-0.25, -0.2) is 0 Å². The van der Waals surface area contributed by atoms with Crippen molar-refractivity contribution in [2.24, 2.45) is 12.8 Å². The number of ether oxygens (including phenoxy) is 1. The Morgan fingerprint density at radius 1 is 1.47 bits per heavy atom. The molecular weight excluding hydrogens is 260 g/mol. The van der Waals surface area contributed by atoms with E-state index in [1.807, 2.05) is 30.7 Å². The Kier molecular flexibility index (Phi) is 4.44. The van der Waals surface area contributed by atoms with Gasteiger partial charge in [-0.15, -0.1) is 10.2 Å². The van der Waals surface area contributed by atoms with Gasteiger partial charge >= 0.3 is 0 Å². The molecule has 102 valence electrons. The van der Waals surface area contributed by atoms with Gasteiger partial charge in [-0.1, -0.05) is 29.5 Å². The minimum atomic E-state index is -0.100. The summed E-state index contributed by atoms with van der Waals surface area (Å²) in [4.78, 5) is 0. The summed E-state index contributed by atoms with van der Waals surface area (Å²) < 4.78 is 7.24. The van der Waals surface area contributed by atoms with E-state index in [2.05, 4.69) is 16.3 Å². The van der Waals surface area contributed by atoms with Crippen molar-refractivity contribution < 1.29 is 4.74 Å². The average molecular weight is 278 g/mol. The van der Waals surface area contributed by atoms with Gasteiger partial charge in [0, 0.05) is 24.4 Å². The third-order valence-corrected chi connectivity index (χ3v) is 4.00. The Bertz CT molecular complexity index is 555. The number of nitrogens with two attached hydrogens (primary N) is 1. The van der Waals surface area contributed by atoms with Crippen molar-refractivity contribution in [1.82, 2.24) is 14.8 Å². The topological polar surface area (TPSA) is 66.0 Å². The van der Waals surface area contributed by atoms with Crippen LogP contribution >= 0.6 is 11.8 Å². The summed E-state index contributed by atoms with van der Waals surface area (Å²) in [5.41, 5.74) is 8.45. The number of thioether (sulfide) groups is 1. The first-order chi connectivity index (χ1) is 9.11. The number of aromatic nitrogens is 3. The van der Waals surface area contributed by atoms with Crippen molar-refractivity contribution in [3.05, 3.63) is 35.7 Å². The Balaban J connectivity index is 2.09. The van der Waals surface area contributed by atoms with Crippen LogP contribution in [0.2, 0.25) is 0 Å². The highest BCUT2D eigenvalue weighted by atomic mass is 32.2. The first kappa shape index (κ1) is 13.9. The standard InChI is InChI=1S/C13H18N4OS/c1-9-4-5-12(18-3)10(6-9)11(14)7-19-13-16-15-8-17(13)2/h4-6,8,11H,7,14H2,1-3H3. The number of aryl methyl sites for hydroxylation is 2. The molecule has 0 fully saturated rings. The lowest BCUT2D eigenvalue weighted by Gasteiger charge is -2.15. The molecule has 0 spiro atoms. The maximum absolute atomic E-state index is 6.25. The Hall–Kier alpha value is -1.53. The van der Waals surface area contributed by atoms with E-state index in [9.17, 15) is 0 Å². The number of hydrogen-bond acceptors (Lipinski definition) is 5. The highest BCUT2D eigenvalue weighted by molar-refractivity contribution is 7.99. The molecule has 0 amide bonds. The minimum Gasteiger partial charge on any atom is -0.496 e. The first-order valence-electron chi connectivity index (χ1n) is 5.98. The maximum Gasteiger partial charge on any atom is 0.190 e. The van der Waals surface area contributed by atoms with Gasteiger partial charge in [0.25, 0.3) is 0 Å². The number of nitrogens with zero attached hydrogens (tertiary/aromatic N) is 3. The molecule has 0 radical (unpaired) electrons. The molecule has 0 aliphatic heterocycles. The fourth-order valence-electron chi connectivity index (χ4n) is 1.80. The van der Waals surface area contributed by atoms with Crippen LogP contribution in [-0.2, 0) is 7.05 Å². The molecule has 2 aromatic rings. The summed E-state index contributed by atoms with van der Waals surface area (Å²) in [6.45, 7) is 2.05. The summed E-state index contributed by atoms with van der Waals surface area (Å²) in [7, 11) is 3.58. The van der Waals surface area contributed by atoms with Crippen molar-refractivity contribution in [3.63, 3.8) is 0 Å². The van der Waals surface area contributed by atoms with Gasteiger partial charge in [0.1, 0.15) is 12.1 Å². The van der Waals surface area contributed by atoms with Crippen molar-refractivity contribution in [3.8, 4) is 5.75 Å². The van der Waals surface area contributed by atoms with Gasteiger partial charge in [0.05, 0.1) is 7.11 Å². The zero-order valence-electron chi connectivity index (χ0n) is 11.3. The van der Waals surface area contributed by atoms with E-state index in [1.165, 1.54) is 5.56 Å². The second-order valence-corrected chi connectivity index (χ2v) is 5.37. The Morgan fingerprint density at radius 2 is 2.26 bits per heavy atom. The Labute approximate surface area is 117 Å². The molecule has 0 bridgehead atoms. The van der Waals surface area contributed by atoms with Gasteiger partial charge in [-0.3, -0.25) is 0 Å². The molecule has 1 heterocycles. The van der Waals surface area contributed by atoms with Crippen LogP contribution in [0.25, 0.3) is 0 Å². The molecule has 0 aliphatic carbocycles. The zero-order valence-corrected chi connectivity index (χ0v) is 12.1. The van der Waals surface area contributed by atoms with E-state index in [1.54, 1.807) is 25.2 Å². The third kappa shape index (κ3) is 3.27. The molecule has 1 unspecified atom stereocenters. The molecule has 19 heavy (non-hydrogen) atoms. The highest BCUT2D eigenvalue weighted by Crippen LogP contribution is 2.28. The smallest absolute Gasteiger partial charge is 0.190 e. The van der Waals surface area contributed by atoms with E-state index in [-0.39, 0.29) is 6.04 Å². The van der Waals surface area contributed by atoms with Crippen LogP contribution < -0.4 is 10.5 Å². The number of rotatable bonds is 5. The predicted octanol–water partition coefficient (Wildman–Crippen LogP) is 1.92. The Morgan fingerprint density at radius 3 is 2.89 bits per heavy atom. The van der Waals surface area contributed by atoms with Gasteiger partial charge in [0.15, 0.2) is 5.16 Å². The van der Waals surface area contributed by atoms with E-state index in [0.717, 1.165) is 22.2 Å². The van der Waals surface area contributed by atoms with Crippen LogP contribution in [0.1, 0.15) is 17.2 Å². The summed E-state index contributed by atoms with van der Waals surface area (Å²) >= 11 is 1.59. The monoisotopic (exact) mass is 278 g/mol. The van der Waals surface area contributed by atoms with Crippen LogP contribution in [0.3, 0.4) is 0 Å². The summed E-state index contributed by atoms with van der Waals surface area (Å²) in [6, 6.07) is 5.94. The first-order valence-corrected chi connectivity index (χ1v) is 6.97. The molecule has 1 atom stereocenters. The zero-order chi connectivity index (χ0) is 13.8. The van der Waals surface area contributed by atoms with Gasteiger partial charge in [-0.2, -0.15) is 0 Å². The minimum absolute atomic E-state index is 0.100. The molecule has 1 aromatic carbocycles. The van der Waals surface area contributed by atoms with Crippen LogP contribution in [0.5, 0.6) is 5.75 Å². The second kappa shape index (κ2) is 6.08. The summed E-state index contributed by atoms with van der Waals surface area (Å²) in [5, 5.41) is 8.74. The second-order valence-electron chi connectivity index (χ2n) is 4.39. The predicted molar refractivity (Wildman–Crippen MR) is 76.4 cm³/mol. The van der Waals surface area contributed by atoms with Crippen molar-refractivity contribution in [2.45, 2.75) is 18.1 Å². The van der Waals surface area contributed by atoms with Crippen LogP contribution in [-0.4, -0.2) is 27.6 Å². The highest BCUT2D eigenvalue weighted by Gasteiger charge is 2.14. The largest absolute Gasteiger partial charge is 0.496 e. The van der Waals surface area contributed by atoms with Gasteiger partial charge in [-0.05, 0) is 13.0 Å². The molecule has 0 saturated heterocycles. The quantitative estimate of drug-likeness (QED) is 0.846. The third-order valence-electron chi connectivity index (χ3n) is 2.85. The lowest BCUT2D eigenvalue weighted by atomic mass is 10.1. The molecule has 1 aromatic heterocycles. The number of hydrogen-bond donors (Lipinski definition) is 1. The summed E-state index contributed by atoms with van der Waals surface area (Å²) in [6.07, 6.45) is 1.68. The normalized spacial score (nSPS) is 12.4. The molecule has 5 nitrogen and oxygen atoms in total. The van der Waals surface area contributed by atoms with Crippen LogP contribution in [0.15, 0.2) is 29.7 Å². The summed E-state index contributed by atoms with van der Waals surface area (Å²) in [5.74, 6) is 1.56. The fraction of sp³-hybridized carbons (Fsp3) is 0.385. The van der Waals surface area contributed by atoms with Crippen molar-refractivity contribution in [2.75, 3.05) is 12.9 Å². The van der Waals surface area contributed by atoms with E-state index >= 15 is 0 Å². The van der Waals surface area contributed by atoms with Crippen molar-refractivity contribution >= 4 is 11.8 Å². The lowest BCUT2D eigenvalue weighted by molar-refractivity contribution is 0.407. The average Bonchev–Trinajstić information content (AvgIpc) is 2.81. The molecule has 2 N–H and O–H groups in total. The van der Waals surface area contributed by atoms with Crippen LogP contribution in [0, 0.1) is 6.92 Å². The van der Waals surface area contributed by atoms with Crippen LogP contribution in [0.4, 0.5) is 0 Å². The number of methoxy groups -OCH3 is 1. The van der Waals surface area contributed by atoms with E-state index in [4.69, 9.17) is 10.5 Å². The molecule has 6 heteroatoms. The van der Waals surface area contributed by atoms with Gasteiger partial charge in [0.2, 0.25) is 0 Å². The fourth-order valence-corrected chi connectivity index (χ4v) is 2.66. The molecule has 0 saturated carbocycles. The number of benzene rings is 1. The molecule has 2 rings (SSSR count). The maximum atomic E-state index is 6.25. The molecular formula is C13H18N4OS. The van der Waals surface area contributed by atoms with Crippen molar-refractivity contribution in [1.29, 1.82) is 0 Å². The van der Waals surface area contributed by atoms with Gasteiger partial charge < -0.3 is 15.0 Å². The van der Waals surface area contributed by atoms with E-state index in [0.29, 0.717) is 0 Å². The lowest BCUT2D eigenvalue weighted by Crippen LogP contribution is -2.14. The van der Waals surface area contributed by atoms with E-state index < -0.39 is 0 Å². The molecule has 0 aliphatic rings. The SMILES string of the molecule is COc1ccc(C)cc1C(N)CSc1nncn1C.